The molecule has 1 aliphatic rings. The van der Waals surface area contributed by atoms with E-state index in [1.807, 2.05) is 179 Å². The number of likely N-dealkylation sites (N-methyl/N-ethyl adjacent to an activating group) is 5. The summed E-state index contributed by atoms with van der Waals surface area (Å²) in [5, 5.41) is 15.6. The van der Waals surface area contributed by atoms with Crippen LogP contribution in [0.15, 0.2) is 256 Å². The Balaban J connectivity index is 0.000000147. The summed E-state index contributed by atoms with van der Waals surface area (Å²) in [6, 6.07) is 66.9. The van der Waals surface area contributed by atoms with Crippen molar-refractivity contribution in [1.29, 1.82) is 0 Å². The molecule has 1 saturated heterocycles. The summed E-state index contributed by atoms with van der Waals surface area (Å²) in [5.41, 5.74) is 17.5. The van der Waals surface area contributed by atoms with Gasteiger partial charge in [0.25, 0.3) is 0 Å². The Morgan fingerprint density at radius 3 is 1.12 bits per heavy atom. The Bertz CT molecular complexity index is 6040. The largest absolute Gasteiger partial charge is 0.358 e. The highest BCUT2D eigenvalue weighted by molar-refractivity contribution is 5.85. The minimum atomic E-state index is -0.311. The van der Waals surface area contributed by atoms with Crippen LogP contribution in [-0.4, -0.2) is 163 Å². The highest BCUT2D eigenvalue weighted by Gasteiger charge is 2.34. The lowest BCUT2D eigenvalue weighted by molar-refractivity contribution is -0.131. The number of aromatic nitrogens is 12. The van der Waals surface area contributed by atoms with Gasteiger partial charge in [-0.05, 0) is 209 Å². The zero-order valence-corrected chi connectivity index (χ0v) is 68.2. The molecule has 0 radical (unpaired) electrons. The molecular formula is C93H94F3N21O3. The Hall–Kier alpha value is -13.9. The van der Waals surface area contributed by atoms with Gasteiger partial charge in [-0.15, -0.1) is 0 Å². The molecule has 10 heterocycles. The molecule has 0 spiro atoms. The maximum absolute atomic E-state index is 13.8. The predicted molar refractivity (Wildman–Crippen MR) is 463 cm³/mol. The summed E-state index contributed by atoms with van der Waals surface area (Å²) >= 11 is 0. The minimum absolute atomic E-state index is 0.00810. The molecule has 3 amide bonds. The van der Waals surface area contributed by atoms with Gasteiger partial charge in [0.15, 0.2) is 0 Å². The van der Waals surface area contributed by atoms with E-state index in [0.29, 0.717) is 91.3 Å². The van der Waals surface area contributed by atoms with Gasteiger partial charge in [-0.25, -0.2) is 58.0 Å². The van der Waals surface area contributed by atoms with E-state index in [2.05, 4.69) is 104 Å². The van der Waals surface area contributed by atoms with Gasteiger partial charge in [-0.2, -0.15) is 0 Å². The van der Waals surface area contributed by atoms with E-state index in [0.717, 1.165) is 97.1 Å². The second kappa shape index (κ2) is 38.0. The normalized spacial score (nSPS) is 13.3. The van der Waals surface area contributed by atoms with Gasteiger partial charge in [0.2, 0.25) is 35.6 Å². The fourth-order valence-electron chi connectivity index (χ4n) is 14.4. The number of fused-ring (bicyclic) bond motifs is 3. The van der Waals surface area contributed by atoms with Crippen LogP contribution in [0.4, 0.5) is 31.0 Å². The minimum Gasteiger partial charge on any atom is -0.358 e. The smallest absolute Gasteiger partial charge is 0.237 e. The number of carbonyl (C=O) groups excluding carboxylic acids is 3. The monoisotopic (exact) mass is 1610 g/mol. The van der Waals surface area contributed by atoms with Crippen molar-refractivity contribution in [2.45, 2.75) is 77.9 Å². The topological polar surface area (TPSA) is 254 Å². The summed E-state index contributed by atoms with van der Waals surface area (Å²) in [6.45, 7) is 12.1. The number of amides is 3. The van der Waals surface area contributed by atoms with E-state index in [1.54, 1.807) is 74.0 Å². The van der Waals surface area contributed by atoms with Gasteiger partial charge in [-0.1, -0.05) is 91.0 Å². The number of nitrogens with one attached hydrogen (secondary N) is 5. The zero-order valence-electron chi connectivity index (χ0n) is 68.2. The van der Waals surface area contributed by atoms with Crippen molar-refractivity contribution in [3.63, 3.8) is 0 Å². The van der Waals surface area contributed by atoms with Crippen molar-refractivity contribution >= 4 is 52.5 Å². The van der Waals surface area contributed by atoms with Gasteiger partial charge < -0.3 is 31.5 Å². The van der Waals surface area contributed by atoms with Crippen molar-refractivity contribution < 1.29 is 27.6 Å². The highest BCUT2D eigenvalue weighted by atomic mass is 19.1. The lowest BCUT2D eigenvalue weighted by atomic mass is 10.0. The van der Waals surface area contributed by atoms with Crippen LogP contribution in [0.1, 0.15) is 85.6 Å². The van der Waals surface area contributed by atoms with E-state index in [-0.39, 0.29) is 59.3 Å². The third-order valence-electron chi connectivity index (χ3n) is 21.0. The Kier molecular flexibility index (Phi) is 26.2. The average Bonchev–Trinajstić information content (AvgIpc) is 1.62. The maximum Gasteiger partial charge on any atom is 0.237 e. The molecule has 9 aromatic heterocycles. The van der Waals surface area contributed by atoms with Crippen LogP contribution in [0.2, 0.25) is 0 Å². The fourth-order valence-corrected chi connectivity index (χ4v) is 14.4. The van der Waals surface area contributed by atoms with E-state index < -0.39 is 0 Å². The summed E-state index contributed by atoms with van der Waals surface area (Å²) in [4.78, 5) is 86.9. The first-order chi connectivity index (χ1) is 58.2. The van der Waals surface area contributed by atoms with Gasteiger partial charge >= 0.3 is 0 Å². The number of anilines is 3. The van der Waals surface area contributed by atoms with Crippen LogP contribution in [0.3, 0.4) is 0 Å². The summed E-state index contributed by atoms with van der Waals surface area (Å²) in [5.74, 6) is 0.648. The van der Waals surface area contributed by atoms with Crippen molar-refractivity contribution in [2.75, 3.05) is 77.4 Å². The molecule has 6 aromatic carbocycles. The standard InChI is InChI=1S/C32H34FN7O.C31H30FN7O.C30H30FN7O/c1-5-39(4)29(41)21-38(3)20-23-16-18-40-28(19-23)37-30(25-11-13-26(33)14-12-25)31(40)27-15-17-34-32(36-27)35-22(2)24-9-7-6-8-10-24;1-20(22-6-4-3-5-7-22)35-31-34-15-12-25(36-31)29-28(23-8-10-24(32)11-9-23)37-27-18-21(13-17-39(27)29)19-38-16-14-26(38)30(40)33-2;1-20(22-7-5-4-6-8-22)34-30-33-15-13-25(35-30)29-28(23-9-11-24(31)12-10-23)36-26-17-21(14-16-38(26)29)18-37(3)19-27(39)32-2/h6-19,22H,5,20-21H2,1-4H3,(H,34,35,36);3-13,15,17-18,20,26H,14,16,19H2,1-2H3,(H,33,40)(H,34,35,36);4-17,20H,18-19H2,1-3H3,(H,32,39)(H,33,34,35)/t22-;20-,26-;20-/m000/s1. The third-order valence-corrected chi connectivity index (χ3v) is 21.0. The second-order valence-corrected chi connectivity index (χ2v) is 29.7. The Morgan fingerprint density at radius 1 is 0.442 bits per heavy atom. The van der Waals surface area contributed by atoms with Gasteiger partial charge in [-0.3, -0.25) is 42.3 Å². The number of rotatable bonds is 27. The quantitative estimate of drug-likeness (QED) is 0.0321. The molecule has 15 aromatic rings. The number of halogens is 3. The number of hydrogen-bond donors (Lipinski definition) is 5. The molecule has 610 valence electrons. The third kappa shape index (κ3) is 19.9. The van der Waals surface area contributed by atoms with Gasteiger partial charge in [0.05, 0.1) is 88.5 Å². The number of pyridine rings is 3. The summed E-state index contributed by atoms with van der Waals surface area (Å²) < 4.78 is 47.3. The first-order valence-electron chi connectivity index (χ1n) is 39.8. The Labute approximate surface area is 694 Å². The number of benzene rings is 6. The fraction of sp³-hybridized carbons (Fsp3) is 0.226. The molecule has 0 bridgehead atoms. The van der Waals surface area contributed by atoms with Gasteiger partial charge in [0.1, 0.15) is 34.4 Å². The zero-order chi connectivity index (χ0) is 83.9. The Morgan fingerprint density at radius 2 is 0.792 bits per heavy atom. The SMILES string of the molecule is CCN(C)C(=O)CN(C)Cc1ccn2c(-c3ccnc(N[C@@H](C)c4ccccc4)n3)c(-c3ccc(F)cc3)nc2c1.CNC(=O)CN(C)Cc1ccn2c(-c3ccnc(N[C@@H](C)c4ccccc4)n3)c(-c3ccc(F)cc3)nc2c1.CNC(=O)[C@@H]1CCN1Cc1ccn2c(-c3ccnc(N[C@@H](C)c4ccccc4)n3)c(-c3ccc(F)cc3)nc2c1. The van der Waals surface area contributed by atoms with E-state index >= 15 is 0 Å². The van der Waals surface area contributed by atoms with Crippen LogP contribution in [-0.2, 0) is 34.0 Å². The second-order valence-electron chi connectivity index (χ2n) is 29.7. The molecule has 24 nitrogen and oxygen atoms in total. The van der Waals surface area contributed by atoms with Crippen LogP contribution < -0.4 is 26.6 Å². The van der Waals surface area contributed by atoms with Crippen molar-refractivity contribution in [1.82, 2.24) is 88.3 Å². The molecule has 0 unspecified atom stereocenters. The molecule has 120 heavy (non-hydrogen) atoms. The first kappa shape index (κ1) is 82.6. The molecule has 5 N–H and O–H groups in total. The van der Waals surface area contributed by atoms with Crippen LogP contribution in [0.5, 0.6) is 0 Å². The molecule has 0 saturated carbocycles. The molecule has 27 heteroatoms. The molecule has 16 rings (SSSR count). The highest BCUT2D eigenvalue weighted by Crippen LogP contribution is 2.38. The average molecular weight is 1610 g/mol. The molecule has 1 fully saturated rings. The van der Waals surface area contributed by atoms with E-state index in [1.165, 1.54) is 36.4 Å². The number of carbonyl (C=O) groups is 3. The predicted octanol–water partition coefficient (Wildman–Crippen LogP) is 15.7. The molecule has 4 atom stereocenters. The number of imidazole rings is 3. The van der Waals surface area contributed by atoms with Crippen LogP contribution in [0.25, 0.3) is 84.9 Å². The van der Waals surface area contributed by atoms with Crippen LogP contribution in [0, 0.1) is 17.5 Å². The first-order valence-corrected chi connectivity index (χ1v) is 39.8. The summed E-state index contributed by atoms with van der Waals surface area (Å²) in [7, 11) is 8.93. The molecule has 0 aliphatic carbocycles. The lowest BCUT2D eigenvalue weighted by Gasteiger charge is -2.39. The molecular weight excluding hydrogens is 1520 g/mol. The van der Waals surface area contributed by atoms with E-state index in [4.69, 9.17) is 29.9 Å². The van der Waals surface area contributed by atoms with Crippen LogP contribution >= 0.6 is 0 Å². The maximum atomic E-state index is 13.8. The van der Waals surface area contributed by atoms with E-state index in [9.17, 15) is 27.6 Å². The summed E-state index contributed by atoms with van der Waals surface area (Å²) in [6.07, 6.45) is 11.9. The van der Waals surface area contributed by atoms with Crippen molar-refractivity contribution in [3.8, 4) is 67.9 Å². The van der Waals surface area contributed by atoms with Crippen molar-refractivity contribution in [2.24, 2.45) is 0 Å². The number of hydrogen-bond acceptors (Lipinski definition) is 18. The lowest BCUT2D eigenvalue weighted by Crippen LogP contribution is -2.54. The molecule has 1 aliphatic heterocycles. The number of likely N-dealkylation sites (tertiary alicyclic amines) is 1. The van der Waals surface area contributed by atoms with Gasteiger partial charge in [0, 0.05) is 108 Å². The van der Waals surface area contributed by atoms with Crippen molar-refractivity contribution in [3.05, 3.63) is 306 Å². The number of nitrogens with zero attached hydrogens (tertiary/aromatic N) is 16.